The number of nitrogens with one attached hydrogen (secondary N) is 2. The normalized spacial score (nSPS) is 11.9. The summed E-state index contributed by atoms with van der Waals surface area (Å²) in [5, 5.41) is 6.06. The first-order valence-corrected chi connectivity index (χ1v) is 7.19. The van der Waals surface area contributed by atoms with Crippen molar-refractivity contribution in [1.29, 1.82) is 0 Å². The van der Waals surface area contributed by atoms with Crippen LogP contribution in [0.15, 0.2) is 30.3 Å². The molecule has 94 valence electrons. The van der Waals surface area contributed by atoms with E-state index in [2.05, 4.69) is 16.9 Å². The van der Waals surface area contributed by atoms with E-state index in [1.54, 1.807) is 11.8 Å². The lowest BCUT2D eigenvalue weighted by molar-refractivity contribution is -0.120. The maximum atomic E-state index is 11.6. The van der Waals surface area contributed by atoms with Crippen molar-refractivity contribution in [3.8, 4) is 0 Å². The summed E-state index contributed by atoms with van der Waals surface area (Å²) in [6, 6.07) is 9.99. The molecule has 3 nitrogen and oxygen atoms in total. The molecular weight excluding hydrogens is 232 g/mol. The molecule has 0 aliphatic carbocycles. The van der Waals surface area contributed by atoms with Crippen LogP contribution >= 0.6 is 11.8 Å². The summed E-state index contributed by atoms with van der Waals surface area (Å²) >= 11 is 1.80. The molecule has 0 radical (unpaired) electrons. The van der Waals surface area contributed by atoms with E-state index in [0.717, 1.165) is 17.9 Å². The summed E-state index contributed by atoms with van der Waals surface area (Å²) in [7, 11) is 0. The zero-order valence-electron chi connectivity index (χ0n) is 10.4. The van der Waals surface area contributed by atoms with Crippen LogP contribution in [0.4, 0.5) is 5.69 Å². The van der Waals surface area contributed by atoms with E-state index in [1.165, 1.54) is 0 Å². The Balaban J connectivity index is 2.21. The highest BCUT2D eigenvalue weighted by Gasteiger charge is 2.06. The number of benzene rings is 1. The van der Waals surface area contributed by atoms with Gasteiger partial charge in [0.05, 0.1) is 6.54 Å². The molecule has 0 saturated heterocycles. The average Bonchev–Trinajstić information content (AvgIpc) is 2.35. The van der Waals surface area contributed by atoms with Crippen LogP contribution in [0.5, 0.6) is 0 Å². The van der Waals surface area contributed by atoms with Crippen molar-refractivity contribution in [3.05, 3.63) is 30.3 Å². The molecule has 0 heterocycles. The van der Waals surface area contributed by atoms with Crippen molar-refractivity contribution >= 4 is 23.4 Å². The molecule has 0 aliphatic rings. The van der Waals surface area contributed by atoms with Gasteiger partial charge in [0.25, 0.3) is 0 Å². The quantitative estimate of drug-likeness (QED) is 0.782. The molecule has 1 aromatic carbocycles. The second-order valence-electron chi connectivity index (χ2n) is 3.97. The fourth-order valence-electron chi connectivity index (χ4n) is 1.43. The topological polar surface area (TPSA) is 41.1 Å². The third-order valence-electron chi connectivity index (χ3n) is 2.39. The summed E-state index contributed by atoms with van der Waals surface area (Å²) in [5.41, 5.74) is 0.972. The largest absolute Gasteiger partial charge is 0.376 e. The van der Waals surface area contributed by atoms with Crippen LogP contribution in [0.2, 0.25) is 0 Å². The van der Waals surface area contributed by atoms with E-state index >= 15 is 0 Å². The van der Waals surface area contributed by atoms with Crippen LogP contribution in [-0.4, -0.2) is 30.5 Å². The Hall–Kier alpha value is -1.16. The first kappa shape index (κ1) is 13.9. The number of hydrogen-bond acceptors (Lipinski definition) is 3. The SMILES string of the molecule is CSCCC(C)NC(=O)CNc1ccccc1. The second-order valence-corrected chi connectivity index (χ2v) is 4.96. The highest BCUT2D eigenvalue weighted by atomic mass is 32.2. The maximum absolute atomic E-state index is 11.6. The molecule has 1 aromatic rings. The van der Waals surface area contributed by atoms with E-state index in [-0.39, 0.29) is 11.9 Å². The van der Waals surface area contributed by atoms with E-state index in [1.807, 2.05) is 37.3 Å². The molecular formula is C13H20N2OS. The molecule has 1 atom stereocenters. The monoisotopic (exact) mass is 252 g/mol. The van der Waals surface area contributed by atoms with Gasteiger partial charge in [-0.25, -0.2) is 0 Å². The Morgan fingerprint density at radius 2 is 2.06 bits per heavy atom. The van der Waals surface area contributed by atoms with Crippen molar-refractivity contribution in [2.45, 2.75) is 19.4 Å². The van der Waals surface area contributed by atoms with Gasteiger partial charge in [-0.2, -0.15) is 11.8 Å². The van der Waals surface area contributed by atoms with Gasteiger partial charge in [0.15, 0.2) is 0 Å². The summed E-state index contributed by atoms with van der Waals surface area (Å²) in [6.45, 7) is 2.37. The lowest BCUT2D eigenvalue weighted by Gasteiger charge is -2.13. The molecule has 2 N–H and O–H groups in total. The Morgan fingerprint density at radius 3 is 2.71 bits per heavy atom. The van der Waals surface area contributed by atoms with Crippen molar-refractivity contribution in [2.24, 2.45) is 0 Å². The van der Waals surface area contributed by atoms with Crippen LogP contribution in [0.25, 0.3) is 0 Å². The van der Waals surface area contributed by atoms with Crippen LogP contribution in [0.3, 0.4) is 0 Å². The molecule has 0 fully saturated rings. The molecule has 0 aliphatic heterocycles. The number of carbonyl (C=O) groups excluding carboxylic acids is 1. The number of thioether (sulfide) groups is 1. The Morgan fingerprint density at radius 1 is 1.35 bits per heavy atom. The second kappa shape index (κ2) is 8.01. The van der Waals surface area contributed by atoms with Gasteiger partial charge in [-0.05, 0) is 37.5 Å². The molecule has 0 saturated carbocycles. The third-order valence-corrected chi connectivity index (χ3v) is 3.03. The van der Waals surface area contributed by atoms with Gasteiger partial charge in [-0.3, -0.25) is 4.79 Å². The number of amides is 1. The molecule has 1 unspecified atom stereocenters. The molecule has 17 heavy (non-hydrogen) atoms. The lowest BCUT2D eigenvalue weighted by Crippen LogP contribution is -2.36. The first-order chi connectivity index (χ1) is 8.22. The fourth-order valence-corrected chi connectivity index (χ4v) is 2.02. The number of hydrogen-bond donors (Lipinski definition) is 2. The van der Waals surface area contributed by atoms with Gasteiger partial charge in [0.1, 0.15) is 0 Å². The predicted molar refractivity (Wildman–Crippen MR) is 75.5 cm³/mol. The molecule has 0 aromatic heterocycles. The molecule has 4 heteroatoms. The average molecular weight is 252 g/mol. The van der Waals surface area contributed by atoms with E-state index < -0.39 is 0 Å². The van der Waals surface area contributed by atoms with Crippen molar-refractivity contribution in [3.63, 3.8) is 0 Å². The van der Waals surface area contributed by atoms with Gasteiger partial charge in [-0.1, -0.05) is 18.2 Å². The smallest absolute Gasteiger partial charge is 0.239 e. The van der Waals surface area contributed by atoms with Crippen molar-refractivity contribution < 1.29 is 4.79 Å². The predicted octanol–water partition coefficient (Wildman–Crippen LogP) is 2.36. The summed E-state index contributed by atoms with van der Waals surface area (Å²) in [6.07, 6.45) is 3.09. The molecule has 1 amide bonds. The summed E-state index contributed by atoms with van der Waals surface area (Å²) < 4.78 is 0. The number of para-hydroxylation sites is 1. The standard InChI is InChI=1S/C13H20N2OS/c1-11(8-9-17-2)15-13(16)10-14-12-6-4-3-5-7-12/h3-7,11,14H,8-10H2,1-2H3,(H,15,16). The van der Waals surface area contributed by atoms with Crippen LogP contribution in [-0.2, 0) is 4.79 Å². The summed E-state index contributed by atoms with van der Waals surface area (Å²) in [5.74, 6) is 1.12. The van der Waals surface area contributed by atoms with E-state index in [9.17, 15) is 4.79 Å². The van der Waals surface area contributed by atoms with Gasteiger partial charge in [0, 0.05) is 11.7 Å². The third kappa shape index (κ3) is 6.22. The van der Waals surface area contributed by atoms with Crippen LogP contribution in [0, 0.1) is 0 Å². The van der Waals surface area contributed by atoms with E-state index in [4.69, 9.17) is 0 Å². The highest BCUT2D eigenvalue weighted by molar-refractivity contribution is 7.98. The number of carbonyl (C=O) groups is 1. The van der Waals surface area contributed by atoms with Gasteiger partial charge < -0.3 is 10.6 Å². The van der Waals surface area contributed by atoms with Crippen molar-refractivity contribution in [2.75, 3.05) is 23.9 Å². The van der Waals surface area contributed by atoms with Gasteiger partial charge >= 0.3 is 0 Å². The zero-order chi connectivity index (χ0) is 12.5. The van der Waals surface area contributed by atoms with Crippen molar-refractivity contribution in [1.82, 2.24) is 5.32 Å². The Kier molecular flexibility index (Phi) is 6.55. The minimum Gasteiger partial charge on any atom is -0.376 e. The zero-order valence-corrected chi connectivity index (χ0v) is 11.2. The number of anilines is 1. The molecule has 1 rings (SSSR count). The van der Waals surface area contributed by atoms with Gasteiger partial charge in [0.2, 0.25) is 5.91 Å². The fraction of sp³-hybridized carbons (Fsp3) is 0.462. The van der Waals surface area contributed by atoms with E-state index in [0.29, 0.717) is 6.54 Å². The first-order valence-electron chi connectivity index (χ1n) is 5.79. The minimum absolute atomic E-state index is 0.0439. The lowest BCUT2D eigenvalue weighted by atomic mass is 10.2. The van der Waals surface area contributed by atoms with Crippen LogP contribution < -0.4 is 10.6 Å². The minimum atomic E-state index is 0.0439. The summed E-state index contributed by atoms with van der Waals surface area (Å²) in [4.78, 5) is 11.6. The number of rotatable bonds is 7. The van der Waals surface area contributed by atoms with Gasteiger partial charge in [-0.15, -0.1) is 0 Å². The Bertz CT molecular complexity index is 329. The molecule has 0 bridgehead atoms. The Labute approximate surface area is 107 Å². The maximum Gasteiger partial charge on any atom is 0.239 e. The molecule has 0 spiro atoms. The van der Waals surface area contributed by atoms with Crippen LogP contribution in [0.1, 0.15) is 13.3 Å². The highest BCUT2D eigenvalue weighted by Crippen LogP contribution is 2.04.